The van der Waals surface area contributed by atoms with E-state index in [4.69, 9.17) is 4.74 Å². The zero-order valence-corrected chi connectivity index (χ0v) is 9.19. The third-order valence-electron chi connectivity index (χ3n) is 3.49. The van der Waals surface area contributed by atoms with Crippen molar-refractivity contribution >= 4 is 5.78 Å². The van der Waals surface area contributed by atoms with Crippen molar-refractivity contribution < 1.29 is 9.53 Å². The van der Waals surface area contributed by atoms with Crippen LogP contribution >= 0.6 is 0 Å². The molecular weight excluding hydrogens is 202 g/mol. The molecule has 1 fully saturated rings. The number of rotatable bonds is 1. The van der Waals surface area contributed by atoms with Gasteiger partial charge < -0.3 is 4.74 Å². The predicted molar refractivity (Wildman–Crippen MR) is 60.7 cm³/mol. The van der Waals surface area contributed by atoms with Crippen LogP contribution in [0.1, 0.15) is 15.9 Å². The largest absolute Gasteiger partial charge is 0.379 e. The van der Waals surface area contributed by atoms with Crippen molar-refractivity contribution in [3.05, 3.63) is 35.4 Å². The molecule has 1 saturated heterocycles. The van der Waals surface area contributed by atoms with Crippen molar-refractivity contribution in [1.82, 2.24) is 4.90 Å². The molecule has 16 heavy (non-hydrogen) atoms. The highest BCUT2D eigenvalue weighted by Crippen LogP contribution is 2.25. The summed E-state index contributed by atoms with van der Waals surface area (Å²) in [6.45, 7) is 3.26. The molecule has 3 nitrogen and oxygen atoms in total. The Morgan fingerprint density at radius 3 is 2.69 bits per heavy atom. The van der Waals surface area contributed by atoms with Crippen molar-refractivity contribution in [2.24, 2.45) is 0 Å². The molecule has 1 aromatic rings. The molecule has 3 rings (SSSR count). The fourth-order valence-corrected chi connectivity index (χ4v) is 2.60. The molecule has 1 aliphatic carbocycles. The maximum absolute atomic E-state index is 12.2. The topological polar surface area (TPSA) is 29.5 Å². The minimum Gasteiger partial charge on any atom is -0.379 e. The molecule has 2 aliphatic rings. The van der Waals surface area contributed by atoms with Gasteiger partial charge in [0.15, 0.2) is 5.78 Å². The first-order valence-electron chi connectivity index (χ1n) is 5.80. The number of carbonyl (C=O) groups excluding carboxylic acids is 1. The fraction of sp³-hybridized carbons (Fsp3) is 0.462. The van der Waals surface area contributed by atoms with Crippen LogP contribution in [0.4, 0.5) is 0 Å². The van der Waals surface area contributed by atoms with Gasteiger partial charge in [0.1, 0.15) is 0 Å². The zero-order chi connectivity index (χ0) is 11.0. The SMILES string of the molecule is O=C1c2ccccc2CC1N1CCOCC1. The summed E-state index contributed by atoms with van der Waals surface area (Å²) in [4.78, 5) is 14.5. The Morgan fingerprint density at radius 1 is 1.19 bits per heavy atom. The number of nitrogens with zero attached hydrogens (tertiary/aromatic N) is 1. The number of ether oxygens (including phenoxy) is 1. The Bertz CT molecular complexity index is 410. The van der Waals surface area contributed by atoms with Crippen LogP contribution in [-0.4, -0.2) is 43.0 Å². The standard InChI is InChI=1S/C13H15NO2/c15-13-11-4-2-1-3-10(11)9-12(13)14-5-7-16-8-6-14/h1-4,12H,5-9H2. The molecule has 1 aromatic carbocycles. The summed E-state index contributed by atoms with van der Waals surface area (Å²) >= 11 is 0. The van der Waals surface area contributed by atoms with Crippen LogP contribution < -0.4 is 0 Å². The Kier molecular flexibility index (Phi) is 2.50. The summed E-state index contributed by atoms with van der Waals surface area (Å²) < 4.78 is 5.32. The van der Waals surface area contributed by atoms with Crippen molar-refractivity contribution in [2.75, 3.05) is 26.3 Å². The van der Waals surface area contributed by atoms with Crippen LogP contribution in [0.2, 0.25) is 0 Å². The van der Waals surface area contributed by atoms with E-state index in [0.717, 1.165) is 38.3 Å². The molecule has 0 saturated carbocycles. The Labute approximate surface area is 95.0 Å². The van der Waals surface area contributed by atoms with Gasteiger partial charge in [0.2, 0.25) is 0 Å². The molecule has 1 unspecified atom stereocenters. The van der Waals surface area contributed by atoms with E-state index in [-0.39, 0.29) is 11.8 Å². The molecule has 3 heteroatoms. The van der Waals surface area contributed by atoms with Gasteiger partial charge in [-0.25, -0.2) is 0 Å². The summed E-state index contributed by atoms with van der Waals surface area (Å²) in [7, 11) is 0. The number of hydrogen-bond acceptors (Lipinski definition) is 3. The third-order valence-corrected chi connectivity index (χ3v) is 3.49. The van der Waals surface area contributed by atoms with Gasteiger partial charge in [-0.05, 0) is 12.0 Å². The quantitative estimate of drug-likeness (QED) is 0.706. The average Bonchev–Trinajstić information content (AvgIpc) is 2.69. The van der Waals surface area contributed by atoms with Gasteiger partial charge in [-0.15, -0.1) is 0 Å². The van der Waals surface area contributed by atoms with Crippen LogP contribution in [0.5, 0.6) is 0 Å². The van der Waals surface area contributed by atoms with Crippen LogP contribution in [-0.2, 0) is 11.2 Å². The van der Waals surface area contributed by atoms with Crippen molar-refractivity contribution in [1.29, 1.82) is 0 Å². The van der Waals surface area contributed by atoms with Gasteiger partial charge in [-0.3, -0.25) is 9.69 Å². The van der Waals surface area contributed by atoms with Gasteiger partial charge in [-0.2, -0.15) is 0 Å². The lowest BCUT2D eigenvalue weighted by atomic mass is 10.1. The molecule has 0 bridgehead atoms. The maximum Gasteiger partial charge on any atom is 0.180 e. The number of carbonyl (C=O) groups is 1. The maximum atomic E-state index is 12.2. The van der Waals surface area contributed by atoms with Crippen LogP contribution in [0.25, 0.3) is 0 Å². The van der Waals surface area contributed by atoms with Crippen molar-refractivity contribution in [3.8, 4) is 0 Å². The van der Waals surface area contributed by atoms with Crippen LogP contribution in [0.15, 0.2) is 24.3 Å². The third kappa shape index (κ3) is 1.56. The normalized spacial score (nSPS) is 25.8. The molecule has 1 heterocycles. The minimum atomic E-state index is 0.0568. The second-order valence-corrected chi connectivity index (χ2v) is 4.39. The second kappa shape index (κ2) is 4.00. The van der Waals surface area contributed by atoms with Gasteiger partial charge in [0.25, 0.3) is 0 Å². The molecule has 0 amide bonds. The van der Waals surface area contributed by atoms with E-state index in [9.17, 15) is 4.79 Å². The number of Topliss-reactive ketones (excluding diaryl/α,β-unsaturated/α-hetero) is 1. The van der Waals surface area contributed by atoms with E-state index in [1.54, 1.807) is 0 Å². The fourth-order valence-electron chi connectivity index (χ4n) is 2.60. The smallest absolute Gasteiger partial charge is 0.180 e. The predicted octanol–water partition coefficient (Wildman–Crippen LogP) is 1.13. The number of hydrogen-bond donors (Lipinski definition) is 0. The lowest BCUT2D eigenvalue weighted by Gasteiger charge is -2.30. The first-order valence-corrected chi connectivity index (χ1v) is 5.80. The minimum absolute atomic E-state index is 0.0568. The monoisotopic (exact) mass is 217 g/mol. The molecule has 84 valence electrons. The van der Waals surface area contributed by atoms with E-state index < -0.39 is 0 Å². The van der Waals surface area contributed by atoms with Gasteiger partial charge >= 0.3 is 0 Å². The molecule has 0 spiro atoms. The van der Waals surface area contributed by atoms with E-state index in [0.29, 0.717) is 0 Å². The number of ketones is 1. The highest BCUT2D eigenvalue weighted by molar-refractivity contribution is 6.04. The highest BCUT2D eigenvalue weighted by atomic mass is 16.5. The van der Waals surface area contributed by atoms with E-state index in [1.807, 2.05) is 18.2 Å². The number of morpholine rings is 1. The molecule has 1 atom stereocenters. The Morgan fingerprint density at radius 2 is 1.94 bits per heavy atom. The van der Waals surface area contributed by atoms with E-state index in [2.05, 4.69) is 11.0 Å². The number of fused-ring (bicyclic) bond motifs is 1. The second-order valence-electron chi connectivity index (χ2n) is 4.39. The van der Waals surface area contributed by atoms with Crippen LogP contribution in [0, 0.1) is 0 Å². The highest BCUT2D eigenvalue weighted by Gasteiger charge is 2.34. The summed E-state index contributed by atoms with van der Waals surface area (Å²) in [5.74, 6) is 0.289. The summed E-state index contributed by atoms with van der Waals surface area (Å²) in [5, 5.41) is 0. The summed E-state index contributed by atoms with van der Waals surface area (Å²) in [6, 6.07) is 8.01. The zero-order valence-electron chi connectivity index (χ0n) is 9.19. The number of benzene rings is 1. The lowest BCUT2D eigenvalue weighted by molar-refractivity contribution is 0.0194. The molecular formula is C13H15NO2. The lowest BCUT2D eigenvalue weighted by Crippen LogP contribution is -2.46. The van der Waals surface area contributed by atoms with Crippen molar-refractivity contribution in [3.63, 3.8) is 0 Å². The van der Waals surface area contributed by atoms with Gasteiger partial charge in [-0.1, -0.05) is 24.3 Å². The Balaban J connectivity index is 1.83. The van der Waals surface area contributed by atoms with Crippen molar-refractivity contribution in [2.45, 2.75) is 12.5 Å². The first-order chi connectivity index (χ1) is 7.86. The molecule has 1 aliphatic heterocycles. The summed E-state index contributed by atoms with van der Waals surface area (Å²) in [5.41, 5.74) is 2.11. The molecule has 0 N–H and O–H groups in total. The summed E-state index contributed by atoms with van der Waals surface area (Å²) in [6.07, 6.45) is 0.870. The molecule has 0 radical (unpaired) electrons. The van der Waals surface area contributed by atoms with E-state index in [1.165, 1.54) is 5.56 Å². The van der Waals surface area contributed by atoms with Gasteiger partial charge in [0.05, 0.1) is 19.3 Å². The van der Waals surface area contributed by atoms with Gasteiger partial charge in [0, 0.05) is 18.7 Å². The first kappa shape index (κ1) is 10.00. The Hall–Kier alpha value is -1.19. The van der Waals surface area contributed by atoms with Crippen LogP contribution in [0.3, 0.4) is 0 Å². The average molecular weight is 217 g/mol. The van der Waals surface area contributed by atoms with E-state index >= 15 is 0 Å². The molecule has 0 aromatic heterocycles.